The van der Waals surface area contributed by atoms with Gasteiger partial charge in [0.15, 0.2) is 0 Å². The lowest BCUT2D eigenvalue weighted by Gasteiger charge is -2.12. The van der Waals surface area contributed by atoms with Gasteiger partial charge in [0.25, 0.3) is 5.69 Å². The molecule has 1 aromatic carbocycles. The Morgan fingerprint density at radius 2 is 2.12 bits per heavy atom. The zero-order valence-electron chi connectivity index (χ0n) is 9.69. The van der Waals surface area contributed by atoms with Crippen molar-refractivity contribution in [2.75, 3.05) is 0 Å². The van der Waals surface area contributed by atoms with E-state index in [2.05, 4.69) is 0 Å². The first kappa shape index (κ1) is 12.4. The van der Waals surface area contributed by atoms with Gasteiger partial charge in [0, 0.05) is 24.5 Å². The molecule has 0 fully saturated rings. The average molecular weight is 221 g/mol. The Bertz CT molecular complexity index is 426. The lowest BCUT2D eigenvalue weighted by molar-refractivity contribution is -0.384. The van der Waals surface area contributed by atoms with Crippen LogP contribution in [0.3, 0.4) is 0 Å². The van der Waals surface area contributed by atoms with Crippen LogP contribution in [0.2, 0.25) is 0 Å². The number of ketones is 1. The molecule has 0 radical (unpaired) electrons. The molecule has 0 aliphatic heterocycles. The Kier molecular flexibility index (Phi) is 3.77. The molecule has 1 unspecified atom stereocenters. The van der Waals surface area contributed by atoms with E-state index in [9.17, 15) is 14.9 Å². The van der Waals surface area contributed by atoms with Crippen molar-refractivity contribution in [1.82, 2.24) is 0 Å². The lowest BCUT2D eigenvalue weighted by Crippen LogP contribution is -2.09. The van der Waals surface area contributed by atoms with E-state index in [1.165, 1.54) is 12.1 Å². The van der Waals surface area contributed by atoms with Crippen LogP contribution in [0.4, 0.5) is 5.69 Å². The molecule has 0 amide bonds. The van der Waals surface area contributed by atoms with Crippen molar-refractivity contribution in [1.29, 1.82) is 0 Å². The van der Waals surface area contributed by atoms with E-state index < -0.39 is 4.92 Å². The highest BCUT2D eigenvalue weighted by Gasteiger charge is 2.17. The molecule has 4 nitrogen and oxygen atoms in total. The van der Waals surface area contributed by atoms with Crippen molar-refractivity contribution in [3.05, 3.63) is 39.4 Å². The largest absolute Gasteiger partial charge is 0.299 e. The van der Waals surface area contributed by atoms with Crippen LogP contribution in [-0.2, 0) is 4.79 Å². The Morgan fingerprint density at radius 1 is 1.50 bits per heavy atom. The van der Waals surface area contributed by atoms with E-state index in [1.807, 2.05) is 13.8 Å². The van der Waals surface area contributed by atoms with Crippen molar-refractivity contribution in [2.24, 2.45) is 0 Å². The fraction of sp³-hybridized carbons (Fsp3) is 0.417. The fourth-order valence-corrected chi connectivity index (χ4v) is 1.74. The van der Waals surface area contributed by atoms with Gasteiger partial charge >= 0.3 is 0 Å². The smallest absolute Gasteiger partial charge is 0.269 e. The molecule has 0 aliphatic carbocycles. The van der Waals surface area contributed by atoms with E-state index in [0.717, 1.165) is 11.1 Å². The number of benzene rings is 1. The van der Waals surface area contributed by atoms with Crippen molar-refractivity contribution < 1.29 is 9.72 Å². The normalized spacial score (nSPS) is 12.2. The van der Waals surface area contributed by atoms with E-state index >= 15 is 0 Å². The SMILES string of the molecule is CCC(=O)C(C)c1ccc([N+](=O)[O-])cc1C. The summed E-state index contributed by atoms with van der Waals surface area (Å²) in [7, 11) is 0. The number of rotatable bonds is 4. The topological polar surface area (TPSA) is 60.2 Å². The second-order valence-corrected chi connectivity index (χ2v) is 3.84. The van der Waals surface area contributed by atoms with Gasteiger partial charge in [-0.1, -0.05) is 19.9 Å². The number of non-ortho nitro benzene ring substituents is 1. The first-order valence-electron chi connectivity index (χ1n) is 5.25. The van der Waals surface area contributed by atoms with Crippen molar-refractivity contribution >= 4 is 11.5 Å². The summed E-state index contributed by atoms with van der Waals surface area (Å²) in [6, 6.07) is 4.63. The summed E-state index contributed by atoms with van der Waals surface area (Å²) in [5, 5.41) is 10.6. The molecule has 0 saturated carbocycles. The number of carbonyl (C=O) groups excluding carboxylic acids is 1. The van der Waals surface area contributed by atoms with Crippen LogP contribution in [0.25, 0.3) is 0 Å². The number of carbonyl (C=O) groups is 1. The molecule has 0 saturated heterocycles. The Hall–Kier alpha value is -1.71. The molecule has 4 heteroatoms. The highest BCUT2D eigenvalue weighted by molar-refractivity contribution is 5.85. The molecular formula is C12H15NO3. The highest BCUT2D eigenvalue weighted by atomic mass is 16.6. The van der Waals surface area contributed by atoms with E-state index in [0.29, 0.717) is 6.42 Å². The number of hydrogen-bond acceptors (Lipinski definition) is 3. The van der Waals surface area contributed by atoms with Gasteiger partial charge < -0.3 is 0 Å². The zero-order chi connectivity index (χ0) is 12.3. The maximum Gasteiger partial charge on any atom is 0.269 e. The van der Waals surface area contributed by atoms with E-state index in [-0.39, 0.29) is 17.4 Å². The van der Waals surface area contributed by atoms with Crippen LogP contribution < -0.4 is 0 Å². The third kappa shape index (κ3) is 2.45. The Morgan fingerprint density at radius 3 is 2.56 bits per heavy atom. The molecule has 1 aromatic rings. The van der Waals surface area contributed by atoms with Crippen LogP contribution in [0.1, 0.15) is 37.3 Å². The summed E-state index contributed by atoms with van der Waals surface area (Å²) in [6.45, 7) is 5.45. The maximum absolute atomic E-state index is 11.5. The molecule has 0 bridgehead atoms. The number of hydrogen-bond donors (Lipinski definition) is 0. The summed E-state index contributed by atoms with van der Waals surface area (Å²) in [4.78, 5) is 21.7. The van der Waals surface area contributed by atoms with Crippen molar-refractivity contribution in [3.63, 3.8) is 0 Å². The number of nitro groups is 1. The molecule has 0 N–H and O–H groups in total. The molecular weight excluding hydrogens is 206 g/mol. The van der Waals surface area contributed by atoms with Crippen LogP contribution in [0.5, 0.6) is 0 Å². The monoisotopic (exact) mass is 221 g/mol. The quantitative estimate of drug-likeness (QED) is 0.580. The zero-order valence-corrected chi connectivity index (χ0v) is 9.69. The molecule has 16 heavy (non-hydrogen) atoms. The van der Waals surface area contributed by atoms with Gasteiger partial charge in [0.1, 0.15) is 5.78 Å². The van der Waals surface area contributed by atoms with Crippen LogP contribution in [-0.4, -0.2) is 10.7 Å². The summed E-state index contributed by atoms with van der Waals surface area (Å²) in [5.41, 5.74) is 1.73. The summed E-state index contributed by atoms with van der Waals surface area (Å²) in [5.74, 6) is -0.0391. The number of nitrogens with zero attached hydrogens (tertiary/aromatic N) is 1. The summed E-state index contributed by atoms with van der Waals surface area (Å²) < 4.78 is 0. The third-order valence-electron chi connectivity index (χ3n) is 2.76. The second-order valence-electron chi connectivity index (χ2n) is 3.84. The first-order valence-corrected chi connectivity index (χ1v) is 5.25. The van der Waals surface area contributed by atoms with Crippen molar-refractivity contribution in [3.8, 4) is 0 Å². The minimum Gasteiger partial charge on any atom is -0.299 e. The predicted molar refractivity (Wildman–Crippen MR) is 61.5 cm³/mol. The second kappa shape index (κ2) is 4.88. The van der Waals surface area contributed by atoms with Gasteiger partial charge in [0.05, 0.1) is 4.92 Å². The van der Waals surface area contributed by atoms with Gasteiger partial charge in [0.2, 0.25) is 0 Å². The third-order valence-corrected chi connectivity index (χ3v) is 2.76. The minimum atomic E-state index is -0.427. The van der Waals surface area contributed by atoms with E-state index in [4.69, 9.17) is 0 Å². The van der Waals surface area contributed by atoms with Gasteiger partial charge in [-0.25, -0.2) is 0 Å². The Labute approximate surface area is 94.4 Å². The maximum atomic E-state index is 11.5. The predicted octanol–water partition coefficient (Wildman–Crippen LogP) is 2.99. The van der Waals surface area contributed by atoms with Gasteiger partial charge in [-0.3, -0.25) is 14.9 Å². The standard InChI is InChI=1S/C12H15NO3/c1-4-12(14)9(3)11-6-5-10(13(15)16)7-8(11)2/h5-7,9H,4H2,1-3H3. The minimum absolute atomic E-state index is 0.0670. The van der Waals surface area contributed by atoms with Crippen molar-refractivity contribution in [2.45, 2.75) is 33.1 Å². The first-order chi connectivity index (χ1) is 7.47. The molecule has 0 spiro atoms. The molecule has 0 aliphatic rings. The lowest BCUT2D eigenvalue weighted by atomic mass is 9.91. The van der Waals surface area contributed by atoms with Crippen LogP contribution >= 0.6 is 0 Å². The van der Waals surface area contributed by atoms with E-state index in [1.54, 1.807) is 13.0 Å². The number of aryl methyl sites for hydroxylation is 1. The highest BCUT2D eigenvalue weighted by Crippen LogP contribution is 2.25. The number of Topliss-reactive ketones (excluding diaryl/α,β-unsaturated/α-hetero) is 1. The van der Waals surface area contributed by atoms with Crippen LogP contribution in [0.15, 0.2) is 18.2 Å². The molecule has 1 atom stereocenters. The molecule has 1 rings (SSSR count). The molecule has 86 valence electrons. The number of nitro benzene ring substituents is 1. The average Bonchev–Trinajstić information content (AvgIpc) is 2.26. The molecule has 0 aromatic heterocycles. The van der Waals surface area contributed by atoms with Gasteiger partial charge in [-0.2, -0.15) is 0 Å². The summed E-state index contributed by atoms with van der Waals surface area (Å²) >= 11 is 0. The van der Waals surface area contributed by atoms with Gasteiger partial charge in [-0.05, 0) is 18.1 Å². The molecule has 0 heterocycles. The van der Waals surface area contributed by atoms with Gasteiger partial charge in [-0.15, -0.1) is 0 Å². The summed E-state index contributed by atoms with van der Waals surface area (Å²) in [6.07, 6.45) is 0.484. The van der Waals surface area contributed by atoms with Crippen LogP contribution in [0, 0.1) is 17.0 Å². The fourth-order valence-electron chi connectivity index (χ4n) is 1.74. The Balaban J connectivity index is 3.08.